The zero-order valence-corrected chi connectivity index (χ0v) is 16.9. The van der Waals surface area contributed by atoms with Crippen LogP contribution in [-0.4, -0.2) is 34.9 Å². The second-order valence-electron chi connectivity index (χ2n) is 7.88. The van der Waals surface area contributed by atoms with Crippen molar-refractivity contribution in [2.45, 2.75) is 38.6 Å². The fourth-order valence-electron chi connectivity index (χ4n) is 4.48. The van der Waals surface area contributed by atoms with E-state index in [9.17, 15) is 4.79 Å². The predicted molar refractivity (Wildman–Crippen MR) is 116 cm³/mol. The number of nitrogens with zero attached hydrogens (tertiary/aromatic N) is 2. The molecule has 5 nitrogen and oxygen atoms in total. The van der Waals surface area contributed by atoms with Crippen LogP contribution in [0, 0.1) is 18.3 Å². The third kappa shape index (κ3) is 3.90. The predicted octanol–water partition coefficient (Wildman–Crippen LogP) is 4.55. The van der Waals surface area contributed by atoms with E-state index in [2.05, 4.69) is 52.5 Å². The molecule has 1 atom stereocenters. The van der Waals surface area contributed by atoms with Crippen molar-refractivity contribution in [1.82, 2.24) is 9.88 Å². The molecule has 29 heavy (non-hydrogen) atoms. The Hall–Kier alpha value is -3.10. The smallest absolute Gasteiger partial charge is 0.241 e. The van der Waals surface area contributed by atoms with E-state index in [1.807, 2.05) is 13.0 Å². The number of carbonyl (C=O) groups is 1. The molecule has 148 valence electrons. The zero-order chi connectivity index (χ0) is 20.4. The van der Waals surface area contributed by atoms with Gasteiger partial charge in [0.25, 0.3) is 0 Å². The fourth-order valence-corrected chi connectivity index (χ4v) is 4.48. The van der Waals surface area contributed by atoms with Crippen molar-refractivity contribution in [1.29, 1.82) is 5.26 Å². The Morgan fingerprint density at radius 2 is 1.97 bits per heavy atom. The van der Waals surface area contributed by atoms with Gasteiger partial charge in [0.1, 0.15) is 0 Å². The minimum absolute atomic E-state index is 0.0261. The minimum Gasteiger partial charge on any atom is -0.358 e. The largest absolute Gasteiger partial charge is 0.358 e. The summed E-state index contributed by atoms with van der Waals surface area (Å²) in [4.78, 5) is 18.5. The Bertz CT molecular complexity index is 1070. The number of nitrogens with one attached hydrogen (secondary N) is 2. The normalized spacial score (nSPS) is 16.4. The minimum atomic E-state index is -0.203. The van der Waals surface area contributed by atoms with E-state index in [-0.39, 0.29) is 11.9 Å². The van der Waals surface area contributed by atoms with Crippen LogP contribution in [0.2, 0.25) is 0 Å². The number of benzene rings is 2. The molecule has 3 aromatic rings. The number of likely N-dealkylation sites (tertiary alicyclic amines) is 1. The van der Waals surface area contributed by atoms with Gasteiger partial charge < -0.3 is 10.3 Å². The fraction of sp³-hybridized carbons (Fsp3) is 0.333. The van der Waals surface area contributed by atoms with Crippen molar-refractivity contribution in [3.63, 3.8) is 0 Å². The van der Waals surface area contributed by atoms with E-state index in [4.69, 9.17) is 5.26 Å². The monoisotopic (exact) mass is 386 g/mol. The summed E-state index contributed by atoms with van der Waals surface area (Å²) < 4.78 is 0. The molecule has 2 heterocycles. The molecule has 1 amide bonds. The lowest BCUT2D eigenvalue weighted by atomic mass is 9.87. The Labute approximate surface area is 171 Å². The third-order valence-electron chi connectivity index (χ3n) is 6.07. The number of anilines is 1. The van der Waals surface area contributed by atoms with Gasteiger partial charge in [-0.1, -0.05) is 24.3 Å². The number of hydrogen-bond donors (Lipinski definition) is 2. The van der Waals surface area contributed by atoms with Gasteiger partial charge in [0.05, 0.1) is 17.7 Å². The van der Waals surface area contributed by atoms with Gasteiger partial charge in [0.15, 0.2) is 0 Å². The molecule has 1 aromatic heterocycles. The van der Waals surface area contributed by atoms with Gasteiger partial charge in [-0.2, -0.15) is 5.26 Å². The first-order valence-corrected chi connectivity index (χ1v) is 10.2. The van der Waals surface area contributed by atoms with Gasteiger partial charge in [0, 0.05) is 22.3 Å². The number of aromatic amines is 1. The second-order valence-corrected chi connectivity index (χ2v) is 7.88. The SMILES string of the molecule is Cc1[nH]c2ccccc2c1C1CCN(C(C)C(=O)Nc2cccc(C#N)c2)CC1. The summed E-state index contributed by atoms with van der Waals surface area (Å²) in [6.45, 7) is 5.92. The Morgan fingerprint density at radius 3 is 2.72 bits per heavy atom. The average Bonchev–Trinajstić information content (AvgIpc) is 3.09. The third-order valence-corrected chi connectivity index (χ3v) is 6.07. The zero-order valence-electron chi connectivity index (χ0n) is 16.9. The molecule has 1 saturated heterocycles. The number of rotatable bonds is 4. The van der Waals surface area contributed by atoms with E-state index in [0.717, 1.165) is 25.9 Å². The summed E-state index contributed by atoms with van der Waals surface area (Å²) in [7, 11) is 0. The van der Waals surface area contributed by atoms with Crippen molar-refractivity contribution < 1.29 is 4.79 Å². The number of para-hydroxylation sites is 1. The molecule has 2 aromatic carbocycles. The summed E-state index contributed by atoms with van der Waals surface area (Å²) in [5.74, 6) is 0.492. The highest BCUT2D eigenvalue weighted by atomic mass is 16.2. The molecule has 1 fully saturated rings. The van der Waals surface area contributed by atoms with Crippen molar-refractivity contribution in [2.24, 2.45) is 0 Å². The van der Waals surface area contributed by atoms with Crippen LogP contribution in [-0.2, 0) is 4.79 Å². The Kier molecular flexibility index (Phi) is 5.37. The van der Waals surface area contributed by atoms with Gasteiger partial charge in [-0.3, -0.25) is 9.69 Å². The summed E-state index contributed by atoms with van der Waals surface area (Å²) in [5.41, 5.74) is 5.11. The molecule has 0 aliphatic carbocycles. The van der Waals surface area contributed by atoms with E-state index >= 15 is 0 Å². The molecule has 0 saturated carbocycles. The number of aryl methyl sites for hydroxylation is 1. The summed E-state index contributed by atoms with van der Waals surface area (Å²) in [5, 5.41) is 13.3. The van der Waals surface area contributed by atoms with Crippen LogP contribution < -0.4 is 5.32 Å². The van der Waals surface area contributed by atoms with Crippen LogP contribution in [0.3, 0.4) is 0 Å². The van der Waals surface area contributed by atoms with E-state index in [1.165, 1.54) is 22.2 Å². The van der Waals surface area contributed by atoms with Crippen LogP contribution in [0.15, 0.2) is 48.5 Å². The van der Waals surface area contributed by atoms with Gasteiger partial charge in [-0.25, -0.2) is 0 Å². The molecule has 0 bridgehead atoms. The number of amides is 1. The molecule has 1 unspecified atom stereocenters. The molecular weight excluding hydrogens is 360 g/mol. The molecular formula is C24H26N4O. The van der Waals surface area contributed by atoms with Crippen LogP contribution in [0.1, 0.15) is 42.5 Å². The van der Waals surface area contributed by atoms with Crippen LogP contribution >= 0.6 is 0 Å². The van der Waals surface area contributed by atoms with Crippen molar-refractivity contribution in [2.75, 3.05) is 18.4 Å². The van der Waals surface area contributed by atoms with E-state index in [1.54, 1.807) is 18.2 Å². The van der Waals surface area contributed by atoms with Crippen molar-refractivity contribution in [3.05, 3.63) is 65.4 Å². The standard InChI is InChI=1S/C24H26N4O/c1-16-23(21-8-3-4-9-22(21)26-16)19-10-12-28(13-11-19)17(2)24(29)27-20-7-5-6-18(14-20)15-25/h3-9,14,17,19,26H,10-13H2,1-2H3,(H,27,29). The Balaban J connectivity index is 1.40. The first-order valence-electron chi connectivity index (χ1n) is 10.2. The Morgan fingerprint density at radius 1 is 1.21 bits per heavy atom. The molecule has 1 aliphatic heterocycles. The second kappa shape index (κ2) is 8.10. The van der Waals surface area contributed by atoms with Gasteiger partial charge >= 0.3 is 0 Å². The van der Waals surface area contributed by atoms with Gasteiger partial charge in [0.2, 0.25) is 5.91 Å². The maximum Gasteiger partial charge on any atom is 0.241 e. The summed E-state index contributed by atoms with van der Waals surface area (Å²) in [6.07, 6.45) is 2.09. The maximum absolute atomic E-state index is 12.7. The lowest BCUT2D eigenvalue weighted by Gasteiger charge is -2.35. The van der Waals surface area contributed by atoms with Gasteiger partial charge in [-0.15, -0.1) is 0 Å². The summed E-state index contributed by atoms with van der Waals surface area (Å²) >= 11 is 0. The number of nitriles is 1. The lowest BCUT2D eigenvalue weighted by molar-refractivity contribution is -0.121. The first kappa shape index (κ1) is 19.2. The quantitative estimate of drug-likeness (QED) is 0.691. The highest BCUT2D eigenvalue weighted by molar-refractivity contribution is 5.94. The van der Waals surface area contributed by atoms with Crippen LogP contribution in [0.4, 0.5) is 5.69 Å². The number of fused-ring (bicyclic) bond motifs is 1. The highest BCUT2D eigenvalue weighted by Gasteiger charge is 2.29. The molecule has 1 aliphatic rings. The molecule has 5 heteroatoms. The van der Waals surface area contributed by atoms with Crippen molar-refractivity contribution in [3.8, 4) is 6.07 Å². The maximum atomic E-state index is 12.7. The number of H-pyrrole nitrogens is 1. The molecule has 0 spiro atoms. The van der Waals surface area contributed by atoms with Crippen molar-refractivity contribution >= 4 is 22.5 Å². The van der Waals surface area contributed by atoms with Crippen LogP contribution in [0.5, 0.6) is 0 Å². The molecule has 4 rings (SSSR count). The molecule has 0 radical (unpaired) electrons. The lowest BCUT2D eigenvalue weighted by Crippen LogP contribution is -2.45. The highest BCUT2D eigenvalue weighted by Crippen LogP contribution is 2.36. The first-order chi connectivity index (χ1) is 14.1. The van der Waals surface area contributed by atoms with E-state index in [0.29, 0.717) is 17.2 Å². The average molecular weight is 386 g/mol. The number of aromatic nitrogens is 1. The number of carbonyl (C=O) groups excluding carboxylic acids is 1. The van der Waals surface area contributed by atoms with E-state index < -0.39 is 0 Å². The number of hydrogen-bond acceptors (Lipinski definition) is 3. The van der Waals surface area contributed by atoms with Crippen LogP contribution in [0.25, 0.3) is 10.9 Å². The molecule has 2 N–H and O–H groups in total. The topological polar surface area (TPSA) is 71.9 Å². The summed E-state index contributed by atoms with van der Waals surface area (Å²) in [6, 6.07) is 17.4. The van der Waals surface area contributed by atoms with Gasteiger partial charge in [-0.05, 0) is 75.5 Å². The number of piperidine rings is 1.